The Labute approximate surface area is 245 Å². The van der Waals surface area contributed by atoms with Crippen molar-refractivity contribution in [2.45, 2.75) is 45.3 Å². The van der Waals surface area contributed by atoms with Gasteiger partial charge in [-0.05, 0) is 69.0 Å². The number of nitrogens with zero attached hydrogens (tertiary/aromatic N) is 6. The van der Waals surface area contributed by atoms with Gasteiger partial charge in [0.1, 0.15) is 34.9 Å². The first-order chi connectivity index (χ1) is 20.7. The topological polar surface area (TPSA) is 114 Å². The summed E-state index contributed by atoms with van der Waals surface area (Å²) in [4.78, 5) is 43.0. The van der Waals surface area contributed by atoms with Gasteiger partial charge in [-0.1, -0.05) is 12.6 Å². The Hall–Kier alpha value is -4.87. The lowest BCUT2D eigenvalue weighted by Gasteiger charge is -2.40. The number of aryl methyl sites for hydroxylation is 1. The fraction of sp³-hybridized carbons (Fsp3) is 0.323. The number of hydrogen-bond acceptors (Lipinski definition) is 8. The molecule has 0 spiro atoms. The van der Waals surface area contributed by atoms with E-state index in [0.717, 1.165) is 31.4 Å². The van der Waals surface area contributed by atoms with Crippen LogP contribution in [-0.2, 0) is 4.79 Å². The summed E-state index contributed by atoms with van der Waals surface area (Å²) in [7, 11) is 0. The second kappa shape index (κ2) is 11.1. The number of benzene rings is 1. The maximum Gasteiger partial charge on any atom is 0.356 e. The van der Waals surface area contributed by atoms with Crippen molar-refractivity contribution in [1.82, 2.24) is 24.4 Å². The first-order valence-corrected chi connectivity index (χ1v) is 14.1. The zero-order valence-corrected chi connectivity index (χ0v) is 23.8. The van der Waals surface area contributed by atoms with Crippen LogP contribution in [0.15, 0.2) is 54.0 Å². The predicted molar refractivity (Wildman–Crippen MR) is 157 cm³/mol. The number of piperazine rings is 1. The van der Waals surface area contributed by atoms with E-state index in [1.54, 1.807) is 24.1 Å². The third-order valence-corrected chi connectivity index (χ3v) is 8.06. The van der Waals surface area contributed by atoms with Gasteiger partial charge in [-0.15, -0.1) is 0 Å². The molecule has 0 radical (unpaired) electrons. The van der Waals surface area contributed by atoms with Crippen LogP contribution in [0.4, 0.5) is 14.6 Å². The number of fused-ring (bicyclic) bond motifs is 1. The van der Waals surface area contributed by atoms with Crippen molar-refractivity contribution >= 4 is 22.8 Å². The zero-order chi connectivity index (χ0) is 30.4. The first-order valence-electron chi connectivity index (χ1n) is 14.1. The second-order valence-electron chi connectivity index (χ2n) is 10.9. The maximum atomic E-state index is 15.9. The molecule has 4 aromatic rings. The summed E-state index contributed by atoms with van der Waals surface area (Å²) in [5, 5.41) is 10.7. The van der Waals surface area contributed by atoms with Gasteiger partial charge in [-0.3, -0.25) is 4.79 Å². The summed E-state index contributed by atoms with van der Waals surface area (Å²) in [6, 6.07) is 6.18. The van der Waals surface area contributed by atoms with E-state index in [1.165, 1.54) is 22.8 Å². The van der Waals surface area contributed by atoms with Gasteiger partial charge in [0.05, 0.1) is 10.9 Å². The SMILES string of the molecule is C=CC(=O)N1CCN(c2nc(=O)n(-c3c(C)ccnc3OC3CCC3)c3nc(-c4c(O)cccc4F)c(F)cc23)[C@@H](C)C1. The third-order valence-electron chi connectivity index (χ3n) is 8.06. The number of aromatic hydroxyl groups is 1. The molecule has 1 amide bonds. The van der Waals surface area contributed by atoms with Gasteiger partial charge in [0.25, 0.3) is 0 Å². The Morgan fingerprint density at radius 3 is 2.63 bits per heavy atom. The normalized spacial score (nSPS) is 17.2. The van der Waals surface area contributed by atoms with Gasteiger partial charge in [0.15, 0.2) is 11.5 Å². The summed E-state index contributed by atoms with van der Waals surface area (Å²) < 4.78 is 38.2. The molecule has 3 aromatic heterocycles. The maximum absolute atomic E-state index is 15.9. The van der Waals surface area contributed by atoms with Crippen molar-refractivity contribution in [3.63, 3.8) is 0 Å². The Morgan fingerprint density at radius 1 is 1.16 bits per heavy atom. The summed E-state index contributed by atoms with van der Waals surface area (Å²) in [5.74, 6) is -2.13. The molecule has 1 atom stereocenters. The van der Waals surface area contributed by atoms with Crippen LogP contribution in [0.3, 0.4) is 0 Å². The molecule has 43 heavy (non-hydrogen) atoms. The molecule has 1 saturated carbocycles. The van der Waals surface area contributed by atoms with Crippen LogP contribution >= 0.6 is 0 Å². The number of halogens is 2. The van der Waals surface area contributed by atoms with Gasteiger partial charge < -0.3 is 19.6 Å². The minimum Gasteiger partial charge on any atom is -0.507 e. The molecule has 12 heteroatoms. The molecule has 1 N–H and O–H groups in total. The van der Waals surface area contributed by atoms with Crippen molar-refractivity contribution in [3.8, 4) is 28.6 Å². The van der Waals surface area contributed by atoms with E-state index in [4.69, 9.17) is 4.74 Å². The number of carbonyl (C=O) groups is 1. The van der Waals surface area contributed by atoms with E-state index in [2.05, 4.69) is 21.5 Å². The summed E-state index contributed by atoms with van der Waals surface area (Å²) in [5.41, 5.74) is -0.713. The van der Waals surface area contributed by atoms with E-state index < -0.39 is 34.3 Å². The van der Waals surface area contributed by atoms with Crippen molar-refractivity contribution in [2.75, 3.05) is 24.5 Å². The Morgan fingerprint density at radius 2 is 1.95 bits per heavy atom. The minimum absolute atomic E-state index is 0.0135. The number of aromatic nitrogens is 4. The highest BCUT2D eigenvalue weighted by Gasteiger charge is 2.31. The number of rotatable bonds is 6. The predicted octanol–water partition coefficient (Wildman–Crippen LogP) is 4.29. The molecule has 0 bridgehead atoms. The van der Waals surface area contributed by atoms with E-state index in [-0.39, 0.29) is 40.8 Å². The Kier molecular flexibility index (Phi) is 7.28. The molecule has 10 nitrogen and oxygen atoms in total. The summed E-state index contributed by atoms with van der Waals surface area (Å²) in [6.07, 6.45) is 5.47. The van der Waals surface area contributed by atoms with Crippen LogP contribution in [0.1, 0.15) is 31.7 Å². The highest BCUT2D eigenvalue weighted by Crippen LogP contribution is 2.37. The molecule has 0 unspecified atom stereocenters. The van der Waals surface area contributed by atoms with Crippen LogP contribution in [0.25, 0.3) is 28.0 Å². The van der Waals surface area contributed by atoms with Crippen molar-refractivity contribution in [3.05, 3.63) is 76.9 Å². The van der Waals surface area contributed by atoms with Crippen LogP contribution in [0, 0.1) is 18.6 Å². The lowest BCUT2D eigenvalue weighted by atomic mass is 9.96. The standard InChI is InChI=1S/C31H30F2N6O4/c1-4-24(41)37-13-14-38(18(3)16-37)28-20-15-22(33)26(25-21(32)9-6-10-23(25)40)35-29(20)39(31(42)36-28)27-17(2)11-12-34-30(27)43-19-7-5-8-19/h4,6,9-12,15,18-19,40H,1,5,7-8,13-14,16H2,2-3H3/t18-/m0/s1. The zero-order valence-electron chi connectivity index (χ0n) is 23.8. The van der Waals surface area contributed by atoms with E-state index in [0.29, 0.717) is 30.9 Å². The van der Waals surface area contributed by atoms with Gasteiger partial charge >= 0.3 is 5.69 Å². The molecule has 222 valence electrons. The minimum atomic E-state index is -0.914. The molecule has 1 aromatic carbocycles. The number of pyridine rings is 2. The molecule has 2 aliphatic rings. The van der Waals surface area contributed by atoms with Gasteiger partial charge in [0.2, 0.25) is 11.8 Å². The Bertz CT molecular complexity index is 1800. The van der Waals surface area contributed by atoms with Crippen molar-refractivity contribution in [2.24, 2.45) is 0 Å². The number of phenolic OH excluding ortho intramolecular Hbond substituents is 1. The molecular weight excluding hydrogens is 558 g/mol. The largest absolute Gasteiger partial charge is 0.507 e. The van der Waals surface area contributed by atoms with Crippen LogP contribution < -0.4 is 15.3 Å². The second-order valence-corrected chi connectivity index (χ2v) is 10.9. The van der Waals surface area contributed by atoms with Gasteiger partial charge in [-0.2, -0.15) is 4.98 Å². The summed E-state index contributed by atoms with van der Waals surface area (Å²) >= 11 is 0. The van der Waals surface area contributed by atoms with E-state index in [9.17, 15) is 19.1 Å². The molecule has 1 aliphatic heterocycles. The van der Waals surface area contributed by atoms with E-state index in [1.807, 2.05) is 11.8 Å². The number of anilines is 1. The molecular formula is C31H30F2N6O4. The monoisotopic (exact) mass is 588 g/mol. The number of hydrogen-bond donors (Lipinski definition) is 1. The molecule has 2 fully saturated rings. The molecule has 1 saturated heterocycles. The number of phenols is 1. The highest BCUT2D eigenvalue weighted by molar-refractivity contribution is 5.91. The Balaban J connectivity index is 1.61. The lowest BCUT2D eigenvalue weighted by molar-refractivity contribution is -0.126. The number of amides is 1. The highest BCUT2D eigenvalue weighted by atomic mass is 19.1. The average Bonchev–Trinajstić information content (AvgIpc) is 2.95. The quantitative estimate of drug-likeness (QED) is 0.332. The van der Waals surface area contributed by atoms with Crippen LogP contribution in [-0.4, -0.2) is 67.2 Å². The fourth-order valence-corrected chi connectivity index (χ4v) is 5.58. The van der Waals surface area contributed by atoms with Gasteiger partial charge in [-0.25, -0.2) is 28.1 Å². The first kappa shape index (κ1) is 28.3. The van der Waals surface area contributed by atoms with Crippen molar-refractivity contribution in [1.29, 1.82) is 0 Å². The summed E-state index contributed by atoms with van der Waals surface area (Å²) in [6.45, 7) is 8.17. The molecule has 4 heterocycles. The van der Waals surface area contributed by atoms with Crippen LogP contribution in [0.5, 0.6) is 11.6 Å². The van der Waals surface area contributed by atoms with E-state index >= 15 is 4.39 Å². The van der Waals surface area contributed by atoms with Gasteiger partial charge in [0, 0.05) is 31.9 Å². The third kappa shape index (κ3) is 4.96. The van der Waals surface area contributed by atoms with Crippen LogP contribution in [0.2, 0.25) is 0 Å². The van der Waals surface area contributed by atoms with Crippen molar-refractivity contribution < 1.29 is 23.4 Å². The molecule has 6 rings (SSSR count). The number of ether oxygens (including phenoxy) is 1. The smallest absolute Gasteiger partial charge is 0.356 e. The molecule has 1 aliphatic carbocycles. The lowest BCUT2D eigenvalue weighted by Crippen LogP contribution is -2.54. The average molecular weight is 589 g/mol. The number of carbonyl (C=O) groups excluding carboxylic acids is 1. The fourth-order valence-electron chi connectivity index (χ4n) is 5.58.